The second kappa shape index (κ2) is 5.58. The number of nitrogens with two attached hydrogens (primary N) is 1. The summed E-state index contributed by atoms with van der Waals surface area (Å²) < 4.78 is 0.876. The molecule has 0 amide bonds. The summed E-state index contributed by atoms with van der Waals surface area (Å²) in [5, 5.41) is 21.3. The number of β-amino-alcohol motifs (C(OH)–C–C–N with tert-alkyl or cyclic N) is 1. The summed E-state index contributed by atoms with van der Waals surface area (Å²) in [6.45, 7) is 1.57. The first kappa shape index (κ1) is 13.2. The molecule has 1 unspecified atom stereocenters. The van der Waals surface area contributed by atoms with E-state index in [9.17, 15) is 5.11 Å². The number of anilines is 1. The molecule has 6 heteroatoms. The summed E-state index contributed by atoms with van der Waals surface area (Å²) in [5.74, 6) is 0.0842. The molecule has 1 aromatic carbocycles. The van der Waals surface area contributed by atoms with Crippen molar-refractivity contribution in [3.05, 3.63) is 28.2 Å². The minimum atomic E-state index is -0.269. The number of oxime groups is 1. The quantitative estimate of drug-likeness (QED) is 0.334. The Morgan fingerprint density at radius 1 is 1.50 bits per heavy atom. The summed E-state index contributed by atoms with van der Waals surface area (Å²) in [6.07, 6.45) is 1.57. The van der Waals surface area contributed by atoms with Crippen molar-refractivity contribution in [3.8, 4) is 0 Å². The zero-order valence-corrected chi connectivity index (χ0v) is 11.5. The molecule has 0 spiro atoms. The Hall–Kier alpha value is -1.27. The van der Waals surface area contributed by atoms with Gasteiger partial charge in [0.2, 0.25) is 0 Å². The molecule has 18 heavy (non-hydrogen) atoms. The highest BCUT2D eigenvalue weighted by atomic mass is 79.9. The van der Waals surface area contributed by atoms with Crippen molar-refractivity contribution in [1.82, 2.24) is 0 Å². The van der Waals surface area contributed by atoms with Gasteiger partial charge in [0.1, 0.15) is 0 Å². The maximum atomic E-state index is 9.68. The number of nitrogens with zero attached hydrogens (tertiary/aromatic N) is 2. The van der Waals surface area contributed by atoms with Gasteiger partial charge in [0.05, 0.1) is 11.8 Å². The molecule has 1 aromatic rings. The average molecular weight is 314 g/mol. The minimum Gasteiger partial charge on any atom is -0.409 e. The van der Waals surface area contributed by atoms with Crippen LogP contribution in [0.2, 0.25) is 0 Å². The van der Waals surface area contributed by atoms with Crippen LogP contribution in [0.1, 0.15) is 18.4 Å². The number of piperidine rings is 1. The van der Waals surface area contributed by atoms with Crippen LogP contribution < -0.4 is 10.6 Å². The fourth-order valence-electron chi connectivity index (χ4n) is 2.15. The Kier molecular flexibility index (Phi) is 4.08. The molecule has 1 heterocycles. The third-order valence-corrected chi connectivity index (χ3v) is 3.72. The standard InChI is InChI=1S/C12H16BrN3O2/c13-10-6-8(12(14)15-18)3-4-11(10)16-5-1-2-9(17)7-16/h3-4,6,9,17-18H,1-2,5,7H2,(H2,14,15). The number of rotatable bonds is 2. The molecule has 98 valence electrons. The topological polar surface area (TPSA) is 82.1 Å². The lowest BCUT2D eigenvalue weighted by Gasteiger charge is -2.32. The van der Waals surface area contributed by atoms with Crippen LogP contribution in [0.15, 0.2) is 27.8 Å². The second-order valence-corrected chi connectivity index (χ2v) is 5.25. The molecule has 0 saturated carbocycles. The van der Waals surface area contributed by atoms with E-state index in [0.717, 1.165) is 29.5 Å². The fourth-order valence-corrected chi connectivity index (χ4v) is 2.78. The van der Waals surface area contributed by atoms with Crippen LogP contribution in [-0.2, 0) is 0 Å². The summed E-state index contributed by atoms with van der Waals surface area (Å²) in [7, 11) is 0. The van der Waals surface area contributed by atoms with E-state index in [1.54, 1.807) is 6.07 Å². The lowest BCUT2D eigenvalue weighted by atomic mass is 10.1. The Balaban J connectivity index is 2.24. The van der Waals surface area contributed by atoms with Crippen LogP contribution >= 0.6 is 15.9 Å². The van der Waals surface area contributed by atoms with Gasteiger partial charge in [-0.2, -0.15) is 0 Å². The van der Waals surface area contributed by atoms with E-state index < -0.39 is 0 Å². The highest BCUT2D eigenvalue weighted by Crippen LogP contribution is 2.29. The van der Waals surface area contributed by atoms with Crippen molar-refractivity contribution in [2.45, 2.75) is 18.9 Å². The molecule has 1 atom stereocenters. The van der Waals surface area contributed by atoms with Crippen LogP contribution in [0.4, 0.5) is 5.69 Å². The first-order valence-corrected chi connectivity index (χ1v) is 6.61. The number of aliphatic hydroxyl groups excluding tert-OH is 1. The van der Waals surface area contributed by atoms with Crippen molar-refractivity contribution in [1.29, 1.82) is 0 Å². The molecule has 1 fully saturated rings. The van der Waals surface area contributed by atoms with Gasteiger partial charge in [-0.1, -0.05) is 5.16 Å². The number of aliphatic hydroxyl groups is 1. The monoisotopic (exact) mass is 313 g/mol. The number of hydrogen-bond donors (Lipinski definition) is 3. The van der Waals surface area contributed by atoms with E-state index in [1.807, 2.05) is 12.1 Å². The maximum absolute atomic E-state index is 9.68. The van der Waals surface area contributed by atoms with Crippen molar-refractivity contribution < 1.29 is 10.3 Å². The predicted molar refractivity (Wildman–Crippen MR) is 74.1 cm³/mol. The molecule has 1 aliphatic rings. The summed E-state index contributed by atoms with van der Waals surface area (Å²) in [4.78, 5) is 2.13. The van der Waals surface area contributed by atoms with Gasteiger partial charge in [0.25, 0.3) is 0 Å². The molecular formula is C12H16BrN3O2. The van der Waals surface area contributed by atoms with E-state index >= 15 is 0 Å². The highest BCUT2D eigenvalue weighted by molar-refractivity contribution is 9.10. The molecule has 5 nitrogen and oxygen atoms in total. The van der Waals surface area contributed by atoms with E-state index in [4.69, 9.17) is 10.9 Å². The molecule has 0 aliphatic carbocycles. The van der Waals surface area contributed by atoms with Gasteiger partial charge >= 0.3 is 0 Å². The van der Waals surface area contributed by atoms with Crippen molar-refractivity contribution >= 4 is 27.5 Å². The van der Waals surface area contributed by atoms with Gasteiger partial charge in [-0.15, -0.1) is 0 Å². The van der Waals surface area contributed by atoms with Crippen LogP contribution in [-0.4, -0.2) is 35.3 Å². The zero-order valence-electron chi connectivity index (χ0n) is 9.88. The smallest absolute Gasteiger partial charge is 0.170 e. The summed E-state index contributed by atoms with van der Waals surface area (Å²) in [5.41, 5.74) is 7.21. The van der Waals surface area contributed by atoms with Crippen LogP contribution in [0.25, 0.3) is 0 Å². The molecule has 0 bridgehead atoms. The molecule has 2 rings (SSSR count). The van der Waals surface area contributed by atoms with Gasteiger partial charge in [-0.3, -0.25) is 0 Å². The minimum absolute atomic E-state index is 0.0842. The van der Waals surface area contributed by atoms with Crippen molar-refractivity contribution in [3.63, 3.8) is 0 Å². The molecule has 4 N–H and O–H groups in total. The van der Waals surface area contributed by atoms with E-state index in [0.29, 0.717) is 12.1 Å². The predicted octanol–water partition coefficient (Wildman–Crippen LogP) is 1.50. The third-order valence-electron chi connectivity index (χ3n) is 3.09. The number of hydrogen-bond acceptors (Lipinski definition) is 4. The fraction of sp³-hybridized carbons (Fsp3) is 0.417. The highest BCUT2D eigenvalue weighted by Gasteiger charge is 2.19. The first-order valence-electron chi connectivity index (χ1n) is 5.82. The molecular weight excluding hydrogens is 298 g/mol. The van der Waals surface area contributed by atoms with Crippen LogP contribution in [0.3, 0.4) is 0 Å². The normalized spacial score (nSPS) is 21.1. The Labute approximate surface area is 114 Å². The van der Waals surface area contributed by atoms with Gasteiger partial charge in [0, 0.05) is 23.1 Å². The lowest BCUT2D eigenvalue weighted by molar-refractivity contribution is 0.154. The summed E-state index contributed by atoms with van der Waals surface area (Å²) in [6, 6.07) is 5.52. The van der Waals surface area contributed by atoms with Crippen LogP contribution in [0.5, 0.6) is 0 Å². The number of benzene rings is 1. The van der Waals surface area contributed by atoms with E-state index in [-0.39, 0.29) is 11.9 Å². The summed E-state index contributed by atoms with van der Waals surface area (Å²) >= 11 is 3.48. The van der Waals surface area contributed by atoms with Gasteiger partial charge in [-0.25, -0.2) is 0 Å². The van der Waals surface area contributed by atoms with E-state index in [1.165, 1.54) is 0 Å². The third kappa shape index (κ3) is 2.76. The first-order chi connectivity index (χ1) is 8.61. The van der Waals surface area contributed by atoms with Gasteiger partial charge in [0.15, 0.2) is 5.84 Å². The Morgan fingerprint density at radius 2 is 2.28 bits per heavy atom. The Morgan fingerprint density at radius 3 is 2.89 bits per heavy atom. The SMILES string of the molecule is N/C(=N/O)c1ccc(N2CCCC(O)C2)c(Br)c1. The maximum Gasteiger partial charge on any atom is 0.170 e. The second-order valence-electron chi connectivity index (χ2n) is 4.39. The molecule has 0 radical (unpaired) electrons. The van der Waals surface area contributed by atoms with E-state index in [2.05, 4.69) is 26.0 Å². The lowest BCUT2D eigenvalue weighted by Crippen LogP contribution is -2.38. The van der Waals surface area contributed by atoms with Crippen molar-refractivity contribution in [2.75, 3.05) is 18.0 Å². The van der Waals surface area contributed by atoms with Gasteiger partial charge < -0.3 is 20.9 Å². The largest absolute Gasteiger partial charge is 0.409 e. The Bertz CT molecular complexity index is 465. The van der Waals surface area contributed by atoms with Crippen molar-refractivity contribution in [2.24, 2.45) is 10.9 Å². The number of amidine groups is 1. The zero-order chi connectivity index (χ0) is 13.1. The molecule has 0 aromatic heterocycles. The van der Waals surface area contributed by atoms with Gasteiger partial charge in [-0.05, 0) is 47.0 Å². The number of halogens is 1. The average Bonchev–Trinajstić information content (AvgIpc) is 2.37. The molecule has 1 saturated heterocycles. The van der Waals surface area contributed by atoms with Crippen LogP contribution in [0, 0.1) is 0 Å². The molecule has 1 aliphatic heterocycles.